The van der Waals surface area contributed by atoms with Crippen LogP contribution in [0.25, 0.3) is 0 Å². The Bertz CT molecular complexity index is 570. The number of primary amides is 1. The van der Waals surface area contributed by atoms with E-state index in [1.54, 1.807) is 6.92 Å². The molecule has 0 fully saturated rings. The minimum absolute atomic E-state index is 0.0801. The zero-order valence-corrected chi connectivity index (χ0v) is 14.0. The average molecular weight is 308 g/mol. The molecule has 2 rings (SSSR count). The van der Waals surface area contributed by atoms with Crippen molar-refractivity contribution in [2.24, 2.45) is 17.1 Å². The molecular formula is C16H24N2O2S. The van der Waals surface area contributed by atoms with Crippen molar-refractivity contribution in [3.05, 3.63) is 16.0 Å². The Morgan fingerprint density at radius 3 is 2.57 bits per heavy atom. The standard InChI is InChI=1S/C16H24N2O2S/c1-5-12(19)18-15-13(14(17)20)10-7-6-9(16(2,3)4)8-11(10)21-15/h9H,5-8H2,1-4H3,(H2,17,20)(H,18,19). The molecule has 0 aromatic carbocycles. The molecule has 0 bridgehead atoms. The fourth-order valence-corrected chi connectivity index (χ4v) is 4.24. The van der Waals surface area contributed by atoms with Gasteiger partial charge in [-0.2, -0.15) is 0 Å². The van der Waals surface area contributed by atoms with Gasteiger partial charge in [0.05, 0.1) is 5.56 Å². The van der Waals surface area contributed by atoms with Crippen molar-refractivity contribution in [3.63, 3.8) is 0 Å². The van der Waals surface area contributed by atoms with Gasteiger partial charge in [0.25, 0.3) is 5.91 Å². The van der Waals surface area contributed by atoms with E-state index in [4.69, 9.17) is 5.73 Å². The van der Waals surface area contributed by atoms with Crippen molar-refractivity contribution in [1.29, 1.82) is 0 Å². The molecule has 1 aromatic rings. The molecule has 1 aliphatic rings. The Labute approximate surface area is 130 Å². The summed E-state index contributed by atoms with van der Waals surface area (Å²) >= 11 is 1.52. The molecule has 0 spiro atoms. The fourth-order valence-electron chi connectivity index (χ4n) is 2.89. The maximum Gasteiger partial charge on any atom is 0.251 e. The maximum atomic E-state index is 11.8. The molecule has 5 heteroatoms. The molecule has 0 radical (unpaired) electrons. The van der Waals surface area contributed by atoms with Crippen LogP contribution in [0.3, 0.4) is 0 Å². The Morgan fingerprint density at radius 2 is 2.05 bits per heavy atom. The van der Waals surface area contributed by atoms with E-state index in [-0.39, 0.29) is 11.3 Å². The zero-order valence-electron chi connectivity index (χ0n) is 13.2. The summed E-state index contributed by atoms with van der Waals surface area (Å²) in [5, 5.41) is 3.46. The maximum absolute atomic E-state index is 11.8. The van der Waals surface area contributed by atoms with Crippen LogP contribution in [0.1, 0.15) is 61.3 Å². The van der Waals surface area contributed by atoms with Crippen molar-refractivity contribution in [1.82, 2.24) is 0 Å². The summed E-state index contributed by atoms with van der Waals surface area (Å²) in [5.74, 6) is 0.0793. The summed E-state index contributed by atoms with van der Waals surface area (Å²) in [7, 11) is 0. The molecule has 116 valence electrons. The third-order valence-corrected chi connectivity index (χ3v) is 5.48. The van der Waals surface area contributed by atoms with E-state index < -0.39 is 5.91 Å². The van der Waals surface area contributed by atoms with Crippen LogP contribution in [-0.4, -0.2) is 11.8 Å². The SMILES string of the molecule is CCC(=O)Nc1sc2c(c1C(N)=O)CCC(C(C)(C)C)C2. The highest BCUT2D eigenvalue weighted by Gasteiger charge is 2.33. The first-order chi connectivity index (χ1) is 9.74. The topological polar surface area (TPSA) is 72.2 Å². The Hall–Kier alpha value is -1.36. The highest BCUT2D eigenvalue weighted by Crippen LogP contribution is 2.44. The molecule has 21 heavy (non-hydrogen) atoms. The van der Waals surface area contributed by atoms with E-state index in [1.807, 2.05) is 0 Å². The minimum Gasteiger partial charge on any atom is -0.365 e. The molecule has 0 aliphatic heterocycles. The van der Waals surface area contributed by atoms with Crippen LogP contribution in [0.5, 0.6) is 0 Å². The van der Waals surface area contributed by atoms with E-state index in [0.717, 1.165) is 24.8 Å². The van der Waals surface area contributed by atoms with Gasteiger partial charge in [-0.15, -0.1) is 11.3 Å². The highest BCUT2D eigenvalue weighted by atomic mass is 32.1. The van der Waals surface area contributed by atoms with Gasteiger partial charge in [-0.3, -0.25) is 9.59 Å². The number of fused-ring (bicyclic) bond motifs is 1. The smallest absolute Gasteiger partial charge is 0.251 e. The van der Waals surface area contributed by atoms with E-state index in [2.05, 4.69) is 26.1 Å². The Morgan fingerprint density at radius 1 is 1.38 bits per heavy atom. The summed E-state index contributed by atoms with van der Waals surface area (Å²) in [4.78, 5) is 24.6. The summed E-state index contributed by atoms with van der Waals surface area (Å²) in [6.45, 7) is 8.56. The lowest BCUT2D eigenvalue weighted by molar-refractivity contribution is -0.115. The molecule has 0 saturated carbocycles. The van der Waals surface area contributed by atoms with Crippen molar-refractivity contribution < 1.29 is 9.59 Å². The summed E-state index contributed by atoms with van der Waals surface area (Å²) in [6.07, 6.45) is 3.29. The first kappa shape index (κ1) is 16.0. The van der Waals surface area contributed by atoms with Crippen LogP contribution in [-0.2, 0) is 17.6 Å². The number of carbonyl (C=O) groups excluding carboxylic acids is 2. The van der Waals surface area contributed by atoms with Gasteiger partial charge in [0.1, 0.15) is 5.00 Å². The molecule has 1 unspecified atom stereocenters. The van der Waals surface area contributed by atoms with Crippen LogP contribution in [0.15, 0.2) is 0 Å². The van der Waals surface area contributed by atoms with Crippen LogP contribution in [0.2, 0.25) is 0 Å². The van der Waals surface area contributed by atoms with Crippen molar-refractivity contribution >= 4 is 28.2 Å². The van der Waals surface area contributed by atoms with Gasteiger partial charge in [-0.1, -0.05) is 27.7 Å². The second-order valence-electron chi connectivity index (χ2n) is 6.78. The number of amides is 2. The quantitative estimate of drug-likeness (QED) is 0.899. The lowest BCUT2D eigenvalue weighted by Gasteiger charge is -2.33. The third-order valence-electron chi connectivity index (χ3n) is 4.31. The van der Waals surface area contributed by atoms with Gasteiger partial charge in [-0.25, -0.2) is 0 Å². The molecule has 4 nitrogen and oxygen atoms in total. The first-order valence-electron chi connectivity index (χ1n) is 7.48. The van der Waals surface area contributed by atoms with Crippen LogP contribution in [0.4, 0.5) is 5.00 Å². The lowest BCUT2D eigenvalue weighted by Crippen LogP contribution is -2.27. The van der Waals surface area contributed by atoms with Gasteiger partial charge in [-0.05, 0) is 36.2 Å². The van der Waals surface area contributed by atoms with Crippen LogP contribution in [0, 0.1) is 11.3 Å². The van der Waals surface area contributed by atoms with Crippen LogP contribution < -0.4 is 11.1 Å². The normalized spacial score (nSPS) is 18.2. The first-order valence-corrected chi connectivity index (χ1v) is 8.29. The van der Waals surface area contributed by atoms with Gasteiger partial charge in [0, 0.05) is 11.3 Å². The number of thiophene rings is 1. The van der Waals surface area contributed by atoms with Gasteiger partial charge >= 0.3 is 0 Å². The van der Waals surface area contributed by atoms with Crippen LogP contribution >= 0.6 is 11.3 Å². The third kappa shape index (κ3) is 3.28. The second-order valence-corrected chi connectivity index (χ2v) is 7.88. The molecule has 0 saturated heterocycles. The number of rotatable bonds is 3. The fraction of sp³-hybridized carbons (Fsp3) is 0.625. The summed E-state index contributed by atoms with van der Waals surface area (Å²) in [5.41, 5.74) is 7.38. The number of anilines is 1. The number of nitrogens with one attached hydrogen (secondary N) is 1. The number of carbonyl (C=O) groups is 2. The molecule has 1 aromatic heterocycles. The molecule has 1 heterocycles. The van der Waals surface area contributed by atoms with Crippen molar-refractivity contribution in [2.45, 2.75) is 53.4 Å². The number of hydrogen-bond acceptors (Lipinski definition) is 3. The van der Waals surface area contributed by atoms with Gasteiger partial charge in [0.2, 0.25) is 5.91 Å². The van der Waals surface area contributed by atoms with Crippen molar-refractivity contribution in [2.75, 3.05) is 5.32 Å². The van der Waals surface area contributed by atoms with Gasteiger partial charge in [0.15, 0.2) is 0 Å². The average Bonchev–Trinajstić information content (AvgIpc) is 2.74. The monoisotopic (exact) mass is 308 g/mol. The molecule has 3 N–H and O–H groups in total. The highest BCUT2D eigenvalue weighted by molar-refractivity contribution is 7.17. The lowest BCUT2D eigenvalue weighted by atomic mass is 9.72. The van der Waals surface area contributed by atoms with E-state index in [0.29, 0.717) is 22.9 Å². The van der Waals surface area contributed by atoms with Gasteiger partial charge < -0.3 is 11.1 Å². The predicted molar refractivity (Wildman–Crippen MR) is 86.7 cm³/mol. The Balaban J connectivity index is 2.37. The number of hydrogen-bond donors (Lipinski definition) is 2. The molecule has 2 amide bonds. The van der Waals surface area contributed by atoms with Crippen molar-refractivity contribution in [3.8, 4) is 0 Å². The molecule has 1 atom stereocenters. The Kier molecular flexibility index (Phi) is 4.42. The van der Waals surface area contributed by atoms with E-state index in [9.17, 15) is 9.59 Å². The number of nitrogens with two attached hydrogens (primary N) is 1. The summed E-state index contributed by atoms with van der Waals surface area (Å²) in [6, 6.07) is 0. The second kappa shape index (κ2) is 5.79. The zero-order chi connectivity index (χ0) is 15.8. The van der Waals surface area contributed by atoms with E-state index >= 15 is 0 Å². The molecular weight excluding hydrogens is 284 g/mol. The largest absolute Gasteiger partial charge is 0.365 e. The summed E-state index contributed by atoms with van der Waals surface area (Å²) < 4.78 is 0. The minimum atomic E-state index is -0.437. The predicted octanol–water partition coefficient (Wildman–Crippen LogP) is 3.35. The molecule has 1 aliphatic carbocycles. The van der Waals surface area contributed by atoms with E-state index in [1.165, 1.54) is 16.2 Å².